The Morgan fingerprint density at radius 1 is 0.971 bits per heavy atom. The molecule has 0 saturated carbocycles. The maximum Gasteiger partial charge on any atom is 0.347 e. The molecule has 8 heteroatoms. The first kappa shape index (κ1) is 20.4. The van der Waals surface area contributed by atoms with E-state index in [4.69, 9.17) is 0 Å². The van der Waals surface area contributed by atoms with Gasteiger partial charge >= 0.3 is 11.4 Å². The SMILES string of the molecule is CC1=CC(=O)C2=C(C[C@@H]3C(=CCn4c(=O)n(C)c(=O)n43)[C@@H]2c2ccc(O)c3ccccc23)C1=O. The molecule has 170 valence electrons. The zero-order valence-electron chi connectivity index (χ0n) is 18.6. The zero-order valence-corrected chi connectivity index (χ0v) is 18.6. The third-order valence-corrected chi connectivity index (χ3v) is 7.27. The molecule has 2 aliphatic carbocycles. The molecule has 1 aromatic heterocycles. The number of hydrogen-bond acceptors (Lipinski definition) is 5. The van der Waals surface area contributed by atoms with Crippen molar-refractivity contribution in [3.05, 3.63) is 97.4 Å². The molecular formula is C26H21N3O5. The van der Waals surface area contributed by atoms with E-state index in [-0.39, 0.29) is 30.3 Å². The van der Waals surface area contributed by atoms with Gasteiger partial charge in [0.2, 0.25) is 0 Å². The molecule has 0 spiro atoms. The van der Waals surface area contributed by atoms with E-state index in [1.54, 1.807) is 25.1 Å². The Hall–Kier alpha value is -4.20. The van der Waals surface area contributed by atoms with Gasteiger partial charge in [0.25, 0.3) is 0 Å². The Labute approximate surface area is 193 Å². The largest absolute Gasteiger partial charge is 0.507 e. The van der Waals surface area contributed by atoms with Crippen molar-refractivity contribution in [2.45, 2.75) is 31.8 Å². The molecule has 2 heterocycles. The summed E-state index contributed by atoms with van der Waals surface area (Å²) in [7, 11) is 1.43. The number of nitrogens with zero attached hydrogens (tertiary/aromatic N) is 3. The average molecular weight is 455 g/mol. The van der Waals surface area contributed by atoms with Crippen molar-refractivity contribution in [1.29, 1.82) is 0 Å². The second-order valence-electron chi connectivity index (χ2n) is 9.04. The fraction of sp³-hybridized carbons (Fsp3) is 0.231. The van der Waals surface area contributed by atoms with Crippen LogP contribution in [0, 0.1) is 0 Å². The van der Waals surface area contributed by atoms with Crippen molar-refractivity contribution in [1.82, 2.24) is 13.9 Å². The summed E-state index contributed by atoms with van der Waals surface area (Å²) in [5.74, 6) is -0.911. The molecule has 0 radical (unpaired) electrons. The van der Waals surface area contributed by atoms with Crippen molar-refractivity contribution in [2.75, 3.05) is 0 Å². The van der Waals surface area contributed by atoms with E-state index in [1.165, 1.54) is 22.5 Å². The van der Waals surface area contributed by atoms with Crippen LogP contribution >= 0.6 is 0 Å². The average Bonchev–Trinajstić information content (AvgIpc) is 3.06. The molecule has 0 amide bonds. The number of phenols is 1. The van der Waals surface area contributed by atoms with Crippen LogP contribution in [0.25, 0.3) is 10.8 Å². The minimum absolute atomic E-state index is 0.119. The summed E-state index contributed by atoms with van der Waals surface area (Å²) in [4.78, 5) is 52.2. The normalized spacial score (nSPS) is 21.7. The van der Waals surface area contributed by atoms with E-state index in [1.807, 2.05) is 24.3 Å². The lowest BCUT2D eigenvalue weighted by Crippen LogP contribution is -2.40. The molecule has 1 aliphatic heterocycles. The van der Waals surface area contributed by atoms with Crippen LogP contribution in [-0.4, -0.2) is 30.6 Å². The standard InChI is InChI=1S/C26H21N3O5/c1-13-11-21(31)23-18(24(13)32)12-19-17(9-10-28-25(33)27(2)26(34)29(19)28)22(23)16-7-8-20(30)15-6-4-3-5-14(15)16/h3-9,11,19,22,30H,10,12H2,1-2H3/t19-,22+/m1/s1. The van der Waals surface area contributed by atoms with Crippen molar-refractivity contribution in [2.24, 2.45) is 7.05 Å². The fourth-order valence-corrected chi connectivity index (χ4v) is 5.68. The minimum atomic E-state index is -0.587. The molecule has 0 unspecified atom stereocenters. The minimum Gasteiger partial charge on any atom is -0.507 e. The second kappa shape index (κ2) is 6.90. The number of benzene rings is 2. The van der Waals surface area contributed by atoms with Gasteiger partial charge in [-0.25, -0.2) is 23.5 Å². The van der Waals surface area contributed by atoms with Crippen LogP contribution in [0.3, 0.4) is 0 Å². The summed E-state index contributed by atoms with van der Waals surface area (Å²) in [6, 6.07) is 10.1. The summed E-state index contributed by atoms with van der Waals surface area (Å²) in [5.41, 5.74) is 1.84. The number of aromatic hydroxyl groups is 1. The summed E-state index contributed by atoms with van der Waals surface area (Å²) in [6.07, 6.45) is 3.43. The Bertz CT molecular complexity index is 1670. The molecule has 2 aromatic carbocycles. The summed E-state index contributed by atoms with van der Waals surface area (Å²) < 4.78 is 3.86. The number of rotatable bonds is 1. The second-order valence-corrected chi connectivity index (χ2v) is 9.04. The van der Waals surface area contributed by atoms with E-state index < -0.39 is 23.3 Å². The van der Waals surface area contributed by atoms with Gasteiger partial charge in [-0.3, -0.25) is 9.59 Å². The van der Waals surface area contributed by atoms with Gasteiger partial charge in [0.15, 0.2) is 11.6 Å². The molecule has 0 saturated heterocycles. The van der Waals surface area contributed by atoms with Gasteiger partial charge in [-0.2, -0.15) is 0 Å². The van der Waals surface area contributed by atoms with Gasteiger partial charge in [-0.05, 0) is 35.6 Å². The molecular weight excluding hydrogens is 434 g/mol. The van der Waals surface area contributed by atoms with E-state index in [9.17, 15) is 24.3 Å². The predicted octanol–water partition coefficient (Wildman–Crippen LogP) is 2.27. The Kier molecular flexibility index (Phi) is 4.14. The van der Waals surface area contributed by atoms with E-state index >= 15 is 0 Å². The smallest absolute Gasteiger partial charge is 0.347 e. The molecule has 3 aliphatic rings. The number of phenolic OH excluding ortho intramolecular Hbond substituents is 1. The number of carbonyl (C=O) groups excluding carboxylic acids is 2. The summed E-state index contributed by atoms with van der Waals surface area (Å²) >= 11 is 0. The van der Waals surface area contributed by atoms with Crippen molar-refractivity contribution >= 4 is 22.3 Å². The molecule has 1 N–H and O–H groups in total. The number of fused-ring (bicyclic) bond motifs is 4. The molecule has 0 bridgehead atoms. The van der Waals surface area contributed by atoms with Gasteiger partial charge in [0.05, 0.1) is 12.6 Å². The zero-order chi connectivity index (χ0) is 23.9. The lowest BCUT2D eigenvalue weighted by molar-refractivity contribution is -0.116. The van der Waals surface area contributed by atoms with Crippen molar-refractivity contribution < 1.29 is 14.7 Å². The molecule has 34 heavy (non-hydrogen) atoms. The molecule has 0 fully saturated rings. The fourth-order valence-electron chi connectivity index (χ4n) is 5.68. The number of allylic oxidation sites excluding steroid dienone is 6. The van der Waals surface area contributed by atoms with Gasteiger partial charge in [0.1, 0.15) is 5.75 Å². The van der Waals surface area contributed by atoms with Gasteiger partial charge < -0.3 is 5.11 Å². The highest BCUT2D eigenvalue weighted by Crippen LogP contribution is 2.51. The van der Waals surface area contributed by atoms with E-state index in [0.29, 0.717) is 22.1 Å². The maximum atomic E-state index is 13.3. The van der Waals surface area contributed by atoms with Crippen LogP contribution in [0.1, 0.15) is 30.9 Å². The Morgan fingerprint density at radius 2 is 1.71 bits per heavy atom. The molecule has 3 aromatic rings. The monoisotopic (exact) mass is 455 g/mol. The molecule has 2 atom stereocenters. The lowest BCUT2D eigenvalue weighted by atomic mass is 9.67. The van der Waals surface area contributed by atoms with Crippen LogP contribution < -0.4 is 11.4 Å². The van der Waals surface area contributed by atoms with Crippen LogP contribution in [-0.2, 0) is 23.2 Å². The van der Waals surface area contributed by atoms with Crippen molar-refractivity contribution in [3.8, 4) is 5.75 Å². The third kappa shape index (κ3) is 2.53. The van der Waals surface area contributed by atoms with Crippen molar-refractivity contribution in [3.63, 3.8) is 0 Å². The van der Waals surface area contributed by atoms with Gasteiger partial charge in [-0.15, -0.1) is 0 Å². The number of aromatic nitrogens is 3. The Morgan fingerprint density at radius 3 is 2.47 bits per heavy atom. The first-order valence-electron chi connectivity index (χ1n) is 11.1. The third-order valence-electron chi connectivity index (χ3n) is 7.27. The highest BCUT2D eigenvalue weighted by Gasteiger charge is 2.45. The van der Waals surface area contributed by atoms with Crippen LogP contribution in [0.4, 0.5) is 0 Å². The highest BCUT2D eigenvalue weighted by molar-refractivity contribution is 6.23. The summed E-state index contributed by atoms with van der Waals surface area (Å²) in [6.45, 7) is 1.80. The molecule has 6 rings (SSSR count). The number of ketones is 2. The molecule has 8 nitrogen and oxygen atoms in total. The van der Waals surface area contributed by atoms with Crippen LogP contribution in [0.15, 0.2) is 80.4 Å². The van der Waals surface area contributed by atoms with E-state index in [2.05, 4.69) is 0 Å². The number of carbonyl (C=O) groups is 2. The number of Topliss-reactive ketones (excluding diaryl/α,β-unsaturated/α-hetero) is 1. The van der Waals surface area contributed by atoms with Crippen LogP contribution in [0.5, 0.6) is 5.75 Å². The summed E-state index contributed by atoms with van der Waals surface area (Å²) in [5, 5.41) is 11.8. The quantitative estimate of drug-likeness (QED) is 0.448. The first-order chi connectivity index (χ1) is 16.3. The Balaban J connectivity index is 1.68. The predicted molar refractivity (Wildman–Crippen MR) is 125 cm³/mol. The first-order valence-corrected chi connectivity index (χ1v) is 11.1. The number of hydrogen-bond donors (Lipinski definition) is 1. The van der Waals surface area contributed by atoms with Gasteiger partial charge in [-0.1, -0.05) is 36.4 Å². The van der Waals surface area contributed by atoms with Crippen LogP contribution in [0.2, 0.25) is 0 Å². The highest BCUT2D eigenvalue weighted by atomic mass is 16.3. The van der Waals surface area contributed by atoms with E-state index in [0.717, 1.165) is 21.1 Å². The van der Waals surface area contributed by atoms with Gasteiger partial charge in [0, 0.05) is 41.5 Å². The maximum absolute atomic E-state index is 13.3. The topological polar surface area (TPSA) is 103 Å². The lowest BCUT2D eigenvalue weighted by Gasteiger charge is -2.40.